The van der Waals surface area contributed by atoms with E-state index in [2.05, 4.69) is 135 Å². The molecule has 0 saturated carbocycles. The van der Waals surface area contributed by atoms with Crippen LogP contribution in [0.2, 0.25) is 0 Å². The van der Waals surface area contributed by atoms with Crippen molar-refractivity contribution in [1.82, 2.24) is 0 Å². The summed E-state index contributed by atoms with van der Waals surface area (Å²) in [6, 6.07) is 45.0. The Bertz CT molecular complexity index is 897. The lowest BCUT2D eigenvalue weighted by Crippen LogP contribution is -2.28. The minimum atomic E-state index is -0.405. The van der Waals surface area contributed by atoms with Gasteiger partial charge in [0.25, 0.3) is 0 Å². The van der Waals surface area contributed by atoms with E-state index in [9.17, 15) is 0 Å². The minimum Gasteiger partial charge on any atom is -0.0648 e. The molecule has 0 radical (unpaired) electrons. The summed E-state index contributed by atoms with van der Waals surface area (Å²) in [7, 11) is -0.810. The van der Waals surface area contributed by atoms with E-state index >= 15 is 0 Å². The summed E-state index contributed by atoms with van der Waals surface area (Å²) < 4.78 is 0. The zero-order valence-electron chi connectivity index (χ0n) is 19.7. The zero-order valence-corrected chi connectivity index (χ0v) is 21.5. The van der Waals surface area contributed by atoms with Crippen LogP contribution in [0.3, 0.4) is 0 Å². The molecule has 33 heavy (non-hydrogen) atoms. The summed E-state index contributed by atoms with van der Waals surface area (Å²) in [6.07, 6.45) is 3.68. The van der Waals surface area contributed by atoms with Crippen LogP contribution in [-0.2, 0) is 0 Å². The Kier molecular flexibility index (Phi) is 8.88. The van der Waals surface area contributed by atoms with E-state index in [1.54, 1.807) is 0 Å². The number of rotatable bonds is 10. The third-order valence-corrected chi connectivity index (χ3v) is 12.4. The molecule has 0 fully saturated rings. The molecule has 0 aliphatic rings. The largest absolute Gasteiger partial charge is 0.0648 e. The number of hydrogen-bond acceptors (Lipinski definition) is 0. The van der Waals surface area contributed by atoms with Crippen molar-refractivity contribution in [3.05, 3.63) is 121 Å². The van der Waals surface area contributed by atoms with Gasteiger partial charge in [0, 0.05) is 0 Å². The first-order chi connectivity index (χ1) is 16.3. The minimum absolute atomic E-state index is 0.405. The molecular weight excluding hydrogens is 434 g/mol. The van der Waals surface area contributed by atoms with E-state index in [4.69, 9.17) is 0 Å². The van der Waals surface area contributed by atoms with Crippen molar-refractivity contribution in [2.75, 3.05) is 0 Å². The Balaban J connectivity index is 1.72. The zero-order chi connectivity index (χ0) is 22.9. The molecule has 0 bridgehead atoms. The lowest BCUT2D eigenvalue weighted by molar-refractivity contribution is 0.676. The first-order valence-corrected chi connectivity index (χ1v) is 14.9. The van der Waals surface area contributed by atoms with E-state index in [1.165, 1.54) is 40.5 Å². The van der Waals surface area contributed by atoms with Crippen molar-refractivity contribution in [2.45, 2.75) is 44.4 Å². The summed E-state index contributed by atoms with van der Waals surface area (Å²) in [5, 5.41) is 6.02. The summed E-state index contributed by atoms with van der Waals surface area (Å²) in [4.78, 5) is 0. The van der Waals surface area contributed by atoms with Crippen molar-refractivity contribution < 1.29 is 0 Å². The highest BCUT2D eigenvalue weighted by Crippen LogP contribution is 2.50. The average molecular weight is 469 g/mol. The molecule has 0 N–H and O–H groups in total. The molecule has 0 amide bonds. The van der Waals surface area contributed by atoms with Crippen LogP contribution in [-0.4, -0.2) is 11.3 Å². The Hall–Kier alpha value is -2.26. The van der Waals surface area contributed by atoms with E-state index < -0.39 is 15.8 Å². The van der Waals surface area contributed by atoms with Gasteiger partial charge in [0.1, 0.15) is 0 Å². The maximum Gasteiger partial charge on any atom is -0.0125 e. The van der Waals surface area contributed by atoms with Gasteiger partial charge >= 0.3 is 0 Å². The maximum atomic E-state index is 2.39. The van der Waals surface area contributed by atoms with Gasteiger partial charge < -0.3 is 0 Å². The first kappa shape index (κ1) is 23.9. The quantitative estimate of drug-likeness (QED) is 0.216. The van der Waals surface area contributed by atoms with Gasteiger partial charge in [-0.05, 0) is 67.6 Å². The molecule has 0 saturated heterocycles. The fraction of sp³-hybridized carbons (Fsp3) is 0.226. The van der Waals surface area contributed by atoms with E-state index in [0.717, 1.165) is 0 Å². The molecule has 2 atom stereocenters. The van der Waals surface area contributed by atoms with Gasteiger partial charge in [-0.15, -0.1) is 0 Å². The Morgan fingerprint density at radius 3 is 0.879 bits per heavy atom. The van der Waals surface area contributed by atoms with Crippen LogP contribution in [0.4, 0.5) is 0 Å². The molecule has 4 aromatic rings. The fourth-order valence-corrected chi connectivity index (χ4v) is 10.8. The van der Waals surface area contributed by atoms with Crippen LogP contribution in [0.1, 0.15) is 33.1 Å². The van der Waals surface area contributed by atoms with E-state index in [-0.39, 0.29) is 0 Å². The summed E-state index contributed by atoms with van der Waals surface area (Å²) >= 11 is 0. The van der Waals surface area contributed by atoms with Gasteiger partial charge in [-0.25, -0.2) is 0 Å². The normalized spacial score (nSPS) is 13.2. The molecule has 0 nitrogen and oxygen atoms in total. The van der Waals surface area contributed by atoms with Gasteiger partial charge in [0.2, 0.25) is 0 Å². The van der Waals surface area contributed by atoms with Gasteiger partial charge in [-0.1, -0.05) is 135 Å². The predicted octanol–water partition coefficient (Wildman–Crippen LogP) is 7.20. The molecule has 168 valence electrons. The van der Waals surface area contributed by atoms with Gasteiger partial charge in [0.05, 0.1) is 0 Å². The SMILES string of the molecule is CCC(CC(CC)P(c1ccccc1)c1ccccc1)P(c1ccccc1)c1ccccc1. The second-order valence-corrected chi connectivity index (χ2v) is 13.4. The molecule has 0 aromatic heterocycles. The standard InChI is InChI=1S/C31H34P2/c1-3-26(32(28-17-9-5-10-18-28)29-19-11-6-12-20-29)25-27(4-2)33(30-21-13-7-14-22-30)31-23-15-8-16-24-31/h5-24,26-27H,3-4,25H2,1-2H3. The van der Waals surface area contributed by atoms with Gasteiger partial charge in [0.15, 0.2) is 0 Å². The van der Waals surface area contributed by atoms with E-state index in [0.29, 0.717) is 11.3 Å². The Morgan fingerprint density at radius 2 is 0.667 bits per heavy atom. The van der Waals surface area contributed by atoms with Crippen LogP contribution in [0.15, 0.2) is 121 Å². The van der Waals surface area contributed by atoms with E-state index in [1.807, 2.05) is 0 Å². The summed E-state index contributed by atoms with van der Waals surface area (Å²) in [6.45, 7) is 4.79. The van der Waals surface area contributed by atoms with Gasteiger partial charge in [-0.3, -0.25) is 0 Å². The van der Waals surface area contributed by atoms with Crippen LogP contribution in [0, 0.1) is 0 Å². The lowest BCUT2D eigenvalue weighted by Gasteiger charge is -2.35. The molecule has 0 heterocycles. The third-order valence-electron chi connectivity index (χ3n) is 6.35. The Labute approximate surface area is 202 Å². The van der Waals surface area contributed by atoms with Crippen LogP contribution < -0.4 is 21.2 Å². The molecular formula is C31H34P2. The van der Waals surface area contributed by atoms with Crippen LogP contribution in [0.25, 0.3) is 0 Å². The highest BCUT2D eigenvalue weighted by Gasteiger charge is 2.30. The van der Waals surface area contributed by atoms with Crippen molar-refractivity contribution in [3.8, 4) is 0 Å². The van der Waals surface area contributed by atoms with Gasteiger partial charge in [-0.2, -0.15) is 0 Å². The van der Waals surface area contributed by atoms with Crippen LogP contribution in [0.5, 0.6) is 0 Å². The lowest BCUT2D eigenvalue weighted by atomic mass is 10.1. The molecule has 0 aliphatic heterocycles. The molecule has 2 unspecified atom stereocenters. The van der Waals surface area contributed by atoms with Crippen molar-refractivity contribution in [2.24, 2.45) is 0 Å². The molecule has 4 rings (SSSR count). The Morgan fingerprint density at radius 1 is 0.424 bits per heavy atom. The number of hydrogen-bond donors (Lipinski definition) is 0. The predicted molar refractivity (Wildman–Crippen MR) is 151 cm³/mol. The second kappa shape index (κ2) is 12.3. The molecule has 2 heteroatoms. The van der Waals surface area contributed by atoms with Crippen molar-refractivity contribution in [3.63, 3.8) is 0 Å². The molecule has 0 aliphatic carbocycles. The third kappa shape index (κ3) is 6.00. The smallest absolute Gasteiger partial charge is 0.0125 e. The molecule has 4 aromatic carbocycles. The fourth-order valence-electron chi connectivity index (χ4n) is 4.72. The topological polar surface area (TPSA) is 0 Å². The molecule has 0 spiro atoms. The van der Waals surface area contributed by atoms with Crippen molar-refractivity contribution in [1.29, 1.82) is 0 Å². The summed E-state index contributed by atoms with van der Waals surface area (Å²) in [5.41, 5.74) is 1.32. The second-order valence-electron chi connectivity index (χ2n) is 8.44. The maximum absolute atomic E-state index is 2.39. The monoisotopic (exact) mass is 468 g/mol. The highest BCUT2D eigenvalue weighted by atomic mass is 31.1. The average Bonchev–Trinajstić information content (AvgIpc) is 2.90. The highest BCUT2D eigenvalue weighted by molar-refractivity contribution is 7.74. The van der Waals surface area contributed by atoms with Crippen molar-refractivity contribution >= 4 is 37.1 Å². The summed E-state index contributed by atoms with van der Waals surface area (Å²) in [5.74, 6) is 0. The number of benzene rings is 4. The van der Waals surface area contributed by atoms with Crippen LogP contribution >= 0.6 is 15.8 Å². The first-order valence-electron chi connectivity index (χ1n) is 12.1.